The molecule has 0 aliphatic rings. The van der Waals surface area contributed by atoms with Crippen LogP contribution in [0.2, 0.25) is 0 Å². The fourth-order valence-corrected chi connectivity index (χ4v) is 2.64. The minimum atomic E-state index is -0.981. The van der Waals surface area contributed by atoms with Crippen molar-refractivity contribution in [2.24, 2.45) is 5.92 Å². The second kappa shape index (κ2) is 8.70. The van der Waals surface area contributed by atoms with Crippen LogP contribution in [0.15, 0.2) is 48.5 Å². The molecular weight excluding hydrogens is 390 g/mol. The largest absolute Gasteiger partial charge is 0.436 e. The first-order valence-electron chi connectivity index (χ1n) is 9.16. The van der Waals surface area contributed by atoms with E-state index in [1.807, 2.05) is 6.07 Å². The number of hydrogen-bond donors (Lipinski definition) is 0. The molecule has 0 aliphatic heterocycles. The lowest BCUT2D eigenvalue weighted by molar-refractivity contribution is 0.0939. The van der Waals surface area contributed by atoms with Gasteiger partial charge in [-0.3, -0.25) is 4.79 Å². The molecule has 0 amide bonds. The summed E-state index contributed by atoms with van der Waals surface area (Å²) < 4.78 is 40.0. The van der Waals surface area contributed by atoms with E-state index in [0.717, 1.165) is 0 Å². The second-order valence-electron chi connectivity index (χ2n) is 6.87. The maximum atomic E-state index is 14.6. The van der Waals surface area contributed by atoms with Gasteiger partial charge < -0.3 is 9.47 Å². The van der Waals surface area contributed by atoms with Gasteiger partial charge in [-0.05, 0) is 37.3 Å². The number of hydrogen-bond acceptors (Lipinski definition) is 5. The van der Waals surface area contributed by atoms with Crippen molar-refractivity contribution >= 4 is 5.78 Å². The van der Waals surface area contributed by atoms with Gasteiger partial charge in [0, 0.05) is 17.0 Å². The number of rotatable bonds is 6. The van der Waals surface area contributed by atoms with Gasteiger partial charge in [0.25, 0.3) is 11.8 Å². The number of ketones is 1. The zero-order valence-electron chi connectivity index (χ0n) is 16.6. The first kappa shape index (κ1) is 20.9. The highest BCUT2D eigenvalue weighted by atomic mass is 19.1. The lowest BCUT2D eigenvalue weighted by Gasteiger charge is -2.13. The van der Waals surface area contributed by atoms with Gasteiger partial charge in [0.1, 0.15) is 11.5 Å². The van der Waals surface area contributed by atoms with Crippen LogP contribution in [0.1, 0.15) is 35.3 Å². The van der Waals surface area contributed by atoms with Crippen LogP contribution in [-0.4, -0.2) is 10.8 Å². The zero-order chi connectivity index (χ0) is 21.8. The molecule has 0 bridgehead atoms. The molecule has 30 heavy (non-hydrogen) atoms. The van der Waals surface area contributed by atoms with E-state index in [9.17, 15) is 13.6 Å². The Bertz CT molecular complexity index is 1150. The van der Waals surface area contributed by atoms with Gasteiger partial charge in [0.05, 0.1) is 11.6 Å². The third kappa shape index (κ3) is 4.44. The number of carbonyl (C=O) groups excluding carboxylic acids is 1. The Morgan fingerprint density at radius 1 is 1.00 bits per heavy atom. The summed E-state index contributed by atoms with van der Waals surface area (Å²) in [4.78, 5) is 16.0. The van der Waals surface area contributed by atoms with Gasteiger partial charge in [-0.15, -0.1) is 0 Å². The van der Waals surface area contributed by atoms with Crippen molar-refractivity contribution < 1.29 is 23.0 Å². The summed E-state index contributed by atoms with van der Waals surface area (Å²) in [5.74, 6) is -2.91. The van der Waals surface area contributed by atoms with Crippen LogP contribution in [-0.2, 0) is 0 Å². The van der Waals surface area contributed by atoms with Crippen molar-refractivity contribution in [1.82, 2.24) is 4.98 Å². The number of benzene rings is 2. The van der Waals surface area contributed by atoms with Crippen LogP contribution in [0.4, 0.5) is 8.78 Å². The van der Waals surface area contributed by atoms with Gasteiger partial charge >= 0.3 is 0 Å². The van der Waals surface area contributed by atoms with Crippen LogP contribution >= 0.6 is 0 Å². The smallest absolute Gasteiger partial charge is 0.259 e. The molecule has 3 aromatic rings. The summed E-state index contributed by atoms with van der Waals surface area (Å²) >= 11 is 0. The minimum Gasteiger partial charge on any atom is -0.436 e. The Labute approximate surface area is 172 Å². The third-order valence-electron chi connectivity index (χ3n) is 4.27. The Balaban J connectivity index is 1.95. The van der Waals surface area contributed by atoms with Crippen molar-refractivity contribution in [1.29, 1.82) is 5.26 Å². The van der Waals surface area contributed by atoms with Crippen molar-refractivity contribution in [3.05, 3.63) is 76.9 Å². The predicted molar refractivity (Wildman–Crippen MR) is 106 cm³/mol. The number of aromatic nitrogens is 1. The molecule has 7 heteroatoms. The molecule has 0 spiro atoms. The number of pyridine rings is 1. The van der Waals surface area contributed by atoms with Crippen LogP contribution in [0.5, 0.6) is 23.3 Å². The van der Waals surface area contributed by atoms with E-state index in [4.69, 9.17) is 14.7 Å². The molecular formula is C23H18F2N2O3. The van der Waals surface area contributed by atoms with Gasteiger partial charge in [-0.2, -0.15) is 10.2 Å². The summed E-state index contributed by atoms with van der Waals surface area (Å²) in [6.45, 7) is 4.77. The summed E-state index contributed by atoms with van der Waals surface area (Å²) in [6, 6.07) is 14.2. The Kier molecular flexibility index (Phi) is 6.07. The molecule has 0 radical (unpaired) electrons. The van der Waals surface area contributed by atoms with Gasteiger partial charge in [-0.25, -0.2) is 8.78 Å². The van der Waals surface area contributed by atoms with E-state index in [1.54, 1.807) is 38.1 Å². The highest BCUT2D eigenvalue weighted by Crippen LogP contribution is 2.33. The average molecular weight is 408 g/mol. The zero-order valence-corrected chi connectivity index (χ0v) is 16.6. The first-order chi connectivity index (χ1) is 14.3. The maximum absolute atomic E-state index is 14.6. The molecule has 0 N–H and O–H groups in total. The average Bonchev–Trinajstić information content (AvgIpc) is 2.75. The number of carbonyl (C=O) groups is 1. The lowest BCUT2D eigenvalue weighted by atomic mass is 10.0. The molecule has 0 saturated carbocycles. The number of ether oxygens (including phenoxy) is 2. The van der Waals surface area contributed by atoms with E-state index in [-0.39, 0.29) is 28.8 Å². The monoisotopic (exact) mass is 408 g/mol. The molecule has 0 aliphatic carbocycles. The van der Waals surface area contributed by atoms with Gasteiger partial charge in [0.2, 0.25) is 0 Å². The number of nitrogens with zero attached hydrogens (tertiary/aromatic N) is 2. The lowest BCUT2D eigenvalue weighted by Crippen LogP contribution is -2.07. The molecule has 3 rings (SSSR count). The Hall–Kier alpha value is -3.79. The fourth-order valence-electron chi connectivity index (χ4n) is 2.64. The van der Waals surface area contributed by atoms with Gasteiger partial charge in [0.15, 0.2) is 17.4 Å². The van der Waals surface area contributed by atoms with Crippen molar-refractivity contribution in [2.75, 3.05) is 0 Å². The molecule has 0 unspecified atom stereocenters. The van der Waals surface area contributed by atoms with E-state index < -0.39 is 23.4 Å². The van der Waals surface area contributed by atoms with Crippen LogP contribution in [0.25, 0.3) is 0 Å². The van der Waals surface area contributed by atoms with Gasteiger partial charge in [-0.1, -0.05) is 32.0 Å². The summed E-state index contributed by atoms with van der Waals surface area (Å²) in [5, 5.41) is 8.98. The topological polar surface area (TPSA) is 72.2 Å². The quantitative estimate of drug-likeness (QED) is 0.470. The fraction of sp³-hybridized carbons (Fsp3) is 0.174. The summed E-state index contributed by atoms with van der Waals surface area (Å²) in [7, 11) is 0. The molecule has 5 nitrogen and oxygen atoms in total. The standard InChI is InChI=1S/C23H18F2N2O3/c1-13(2)21(28)16-7-5-9-18(11-16)30-23-20(25)14(3)19(24)22(27-23)29-17-8-4-6-15(10-17)12-26/h4-11,13H,1-3H3. The first-order valence-corrected chi connectivity index (χ1v) is 9.16. The van der Waals surface area contributed by atoms with Crippen LogP contribution in [0.3, 0.4) is 0 Å². The predicted octanol–water partition coefficient (Wildman–Crippen LogP) is 5.96. The van der Waals surface area contributed by atoms with Crippen molar-refractivity contribution in [3.8, 4) is 29.3 Å². The minimum absolute atomic E-state index is 0.0921. The Morgan fingerprint density at radius 2 is 1.57 bits per heavy atom. The second-order valence-corrected chi connectivity index (χ2v) is 6.87. The van der Waals surface area contributed by atoms with Crippen molar-refractivity contribution in [3.63, 3.8) is 0 Å². The van der Waals surface area contributed by atoms with Crippen LogP contribution in [0, 0.1) is 35.8 Å². The van der Waals surface area contributed by atoms with Crippen molar-refractivity contribution in [2.45, 2.75) is 20.8 Å². The molecule has 0 atom stereocenters. The number of nitriles is 1. The molecule has 1 aromatic heterocycles. The molecule has 0 fully saturated rings. The molecule has 1 heterocycles. The van der Waals surface area contributed by atoms with E-state index >= 15 is 0 Å². The highest BCUT2D eigenvalue weighted by Gasteiger charge is 2.21. The normalized spacial score (nSPS) is 10.6. The third-order valence-corrected chi connectivity index (χ3v) is 4.27. The van der Waals surface area contributed by atoms with E-state index in [1.165, 1.54) is 31.2 Å². The summed E-state index contributed by atoms with van der Waals surface area (Å²) in [5.41, 5.74) is 0.391. The van der Waals surface area contributed by atoms with E-state index in [2.05, 4.69) is 4.98 Å². The SMILES string of the molecule is Cc1c(F)c(Oc2cccc(C#N)c2)nc(Oc2cccc(C(=O)C(C)C)c2)c1F. The Morgan fingerprint density at radius 3 is 2.13 bits per heavy atom. The number of halogens is 2. The maximum Gasteiger partial charge on any atom is 0.259 e. The highest BCUT2D eigenvalue weighted by molar-refractivity contribution is 5.97. The summed E-state index contributed by atoms with van der Waals surface area (Å²) in [6.07, 6.45) is 0. The number of Topliss-reactive ketones (excluding diaryl/α,β-unsaturated/α-hetero) is 1. The van der Waals surface area contributed by atoms with E-state index in [0.29, 0.717) is 11.1 Å². The molecule has 0 saturated heterocycles. The van der Waals surface area contributed by atoms with Crippen LogP contribution < -0.4 is 9.47 Å². The molecule has 152 valence electrons. The molecule has 2 aromatic carbocycles.